The van der Waals surface area contributed by atoms with Crippen molar-refractivity contribution in [2.45, 2.75) is 13.1 Å². The fraction of sp³-hybridized carbons (Fsp3) is 0.318. The Labute approximate surface area is 191 Å². The zero-order chi connectivity index (χ0) is 22.8. The molecular formula is C22H25N7O3S. The van der Waals surface area contributed by atoms with E-state index < -0.39 is 9.84 Å². The van der Waals surface area contributed by atoms with E-state index in [9.17, 15) is 8.42 Å². The highest BCUT2D eigenvalue weighted by atomic mass is 32.2. The quantitative estimate of drug-likeness (QED) is 0.421. The Kier molecular flexibility index (Phi) is 5.83. The summed E-state index contributed by atoms with van der Waals surface area (Å²) in [7, 11) is -2.87. The van der Waals surface area contributed by atoms with Crippen molar-refractivity contribution in [3.8, 4) is 11.3 Å². The first kappa shape index (κ1) is 21.6. The largest absolute Gasteiger partial charge is 0.394 e. The van der Waals surface area contributed by atoms with Crippen LogP contribution in [0.4, 0.5) is 11.6 Å². The summed E-state index contributed by atoms with van der Waals surface area (Å²) in [5.41, 5.74) is 4.54. The van der Waals surface area contributed by atoms with Crippen molar-refractivity contribution in [2.75, 3.05) is 36.5 Å². The lowest BCUT2D eigenvalue weighted by atomic mass is 10.1. The Hall–Kier alpha value is -3.28. The molecule has 4 heterocycles. The van der Waals surface area contributed by atoms with E-state index in [0.717, 1.165) is 34.7 Å². The number of pyridine rings is 1. The van der Waals surface area contributed by atoms with E-state index in [1.807, 2.05) is 18.2 Å². The van der Waals surface area contributed by atoms with Gasteiger partial charge in [-0.25, -0.2) is 12.9 Å². The maximum absolute atomic E-state index is 11.6. The second-order valence-corrected chi connectivity index (χ2v) is 10.4. The van der Waals surface area contributed by atoms with Crippen molar-refractivity contribution in [3.63, 3.8) is 0 Å². The van der Waals surface area contributed by atoms with Crippen LogP contribution in [0.3, 0.4) is 0 Å². The summed E-state index contributed by atoms with van der Waals surface area (Å²) < 4.78 is 26.7. The van der Waals surface area contributed by atoms with Gasteiger partial charge in [-0.1, -0.05) is 30.3 Å². The number of aliphatic hydroxyl groups excluding tert-OH is 1. The van der Waals surface area contributed by atoms with E-state index in [4.69, 9.17) is 5.11 Å². The van der Waals surface area contributed by atoms with Crippen molar-refractivity contribution < 1.29 is 13.5 Å². The molecule has 1 aliphatic rings. The van der Waals surface area contributed by atoms with E-state index in [-0.39, 0.29) is 18.1 Å². The predicted octanol–water partition coefficient (Wildman–Crippen LogP) is 1.56. The third-order valence-electron chi connectivity index (χ3n) is 5.67. The Morgan fingerprint density at radius 2 is 1.85 bits per heavy atom. The Morgan fingerprint density at radius 1 is 1.06 bits per heavy atom. The Bertz CT molecular complexity index is 1350. The third-order valence-corrected chi connectivity index (χ3v) is 7.28. The fourth-order valence-electron chi connectivity index (χ4n) is 3.91. The lowest BCUT2D eigenvalue weighted by Gasteiger charge is -2.26. The second kappa shape index (κ2) is 8.93. The predicted molar refractivity (Wildman–Crippen MR) is 125 cm³/mol. The summed E-state index contributed by atoms with van der Waals surface area (Å²) >= 11 is 0. The maximum Gasteiger partial charge on any atom is 0.247 e. The van der Waals surface area contributed by atoms with Crippen LogP contribution in [0, 0.1) is 0 Å². The Balaban J connectivity index is 1.32. The molecule has 33 heavy (non-hydrogen) atoms. The van der Waals surface area contributed by atoms with E-state index in [0.29, 0.717) is 25.6 Å². The molecule has 11 heteroatoms. The summed E-state index contributed by atoms with van der Waals surface area (Å²) in [5.74, 6) is 0.929. The lowest BCUT2D eigenvalue weighted by Crippen LogP contribution is -2.39. The minimum Gasteiger partial charge on any atom is -0.394 e. The van der Waals surface area contributed by atoms with Gasteiger partial charge in [-0.2, -0.15) is 10.1 Å². The highest BCUT2D eigenvalue weighted by Gasteiger charge is 2.21. The van der Waals surface area contributed by atoms with E-state index in [1.54, 1.807) is 21.6 Å². The first-order valence-electron chi connectivity index (χ1n) is 10.8. The molecule has 1 saturated heterocycles. The summed E-state index contributed by atoms with van der Waals surface area (Å²) in [5, 5.41) is 21.0. The van der Waals surface area contributed by atoms with Crippen LogP contribution in [-0.4, -0.2) is 74.0 Å². The molecule has 4 aromatic rings. The molecule has 2 N–H and O–H groups in total. The SMILES string of the molecule is O=S1(=O)CCN(Cc2ccc(-c3cccc4nc(Nc5cnn(CCO)c5)nn34)cc2)CC1. The highest BCUT2D eigenvalue weighted by Crippen LogP contribution is 2.23. The van der Waals surface area contributed by atoms with Crippen LogP contribution < -0.4 is 5.32 Å². The van der Waals surface area contributed by atoms with Crippen molar-refractivity contribution in [1.29, 1.82) is 0 Å². The molecular weight excluding hydrogens is 442 g/mol. The summed E-state index contributed by atoms with van der Waals surface area (Å²) in [6.45, 7) is 2.35. The van der Waals surface area contributed by atoms with Crippen molar-refractivity contribution in [2.24, 2.45) is 0 Å². The first-order chi connectivity index (χ1) is 16.0. The van der Waals surface area contributed by atoms with Gasteiger partial charge in [-0.3, -0.25) is 9.58 Å². The first-order valence-corrected chi connectivity index (χ1v) is 12.6. The van der Waals surface area contributed by atoms with Gasteiger partial charge in [0.15, 0.2) is 15.5 Å². The zero-order valence-electron chi connectivity index (χ0n) is 18.0. The fourth-order valence-corrected chi connectivity index (χ4v) is 5.18. The van der Waals surface area contributed by atoms with Gasteiger partial charge in [0, 0.05) is 31.4 Å². The number of rotatable bonds is 7. The van der Waals surface area contributed by atoms with Gasteiger partial charge in [0.25, 0.3) is 0 Å². The summed E-state index contributed by atoms with van der Waals surface area (Å²) in [6, 6.07) is 14.1. The van der Waals surface area contributed by atoms with Crippen LogP contribution in [0.15, 0.2) is 54.9 Å². The number of hydrogen-bond acceptors (Lipinski definition) is 8. The smallest absolute Gasteiger partial charge is 0.247 e. The van der Waals surface area contributed by atoms with Crippen LogP contribution in [0.25, 0.3) is 16.9 Å². The molecule has 3 aromatic heterocycles. The molecule has 5 rings (SSSR count). The number of aromatic nitrogens is 5. The molecule has 0 spiro atoms. The normalized spacial score (nSPS) is 16.3. The standard InChI is InChI=1S/C22H25N7O3S/c30-11-8-28-16-19(14-23-28)24-22-25-21-3-1-2-20(29(21)26-22)18-6-4-17(5-7-18)15-27-9-12-33(31,32)13-10-27/h1-7,14,16,30H,8-13,15H2,(H,24,26). The van der Waals surface area contributed by atoms with Gasteiger partial charge in [0.05, 0.1) is 42.2 Å². The number of anilines is 2. The van der Waals surface area contributed by atoms with Gasteiger partial charge >= 0.3 is 0 Å². The molecule has 1 fully saturated rings. The topological polar surface area (TPSA) is 118 Å². The van der Waals surface area contributed by atoms with Crippen LogP contribution in [0.1, 0.15) is 5.56 Å². The average molecular weight is 468 g/mol. The summed E-state index contributed by atoms with van der Waals surface area (Å²) in [6.07, 6.45) is 3.46. The van der Waals surface area contributed by atoms with E-state index in [1.165, 1.54) is 0 Å². The molecule has 0 aliphatic carbocycles. The molecule has 1 aliphatic heterocycles. The number of nitrogens with zero attached hydrogens (tertiary/aromatic N) is 6. The molecule has 1 aromatic carbocycles. The van der Waals surface area contributed by atoms with Gasteiger partial charge in [-0.05, 0) is 17.7 Å². The second-order valence-electron chi connectivity index (χ2n) is 8.08. The number of benzene rings is 1. The lowest BCUT2D eigenvalue weighted by molar-refractivity contribution is 0.269. The number of nitrogens with one attached hydrogen (secondary N) is 1. The minimum absolute atomic E-state index is 0.0236. The van der Waals surface area contributed by atoms with E-state index >= 15 is 0 Å². The third kappa shape index (κ3) is 4.90. The van der Waals surface area contributed by atoms with E-state index in [2.05, 4.69) is 49.7 Å². The number of aliphatic hydroxyl groups is 1. The van der Waals surface area contributed by atoms with Gasteiger partial charge < -0.3 is 10.4 Å². The number of hydrogen-bond donors (Lipinski definition) is 2. The van der Waals surface area contributed by atoms with Gasteiger partial charge in [0.1, 0.15) is 0 Å². The summed E-state index contributed by atoms with van der Waals surface area (Å²) in [4.78, 5) is 6.73. The number of fused-ring (bicyclic) bond motifs is 1. The molecule has 0 saturated carbocycles. The van der Waals surface area contributed by atoms with Crippen LogP contribution in [0.2, 0.25) is 0 Å². The van der Waals surface area contributed by atoms with Crippen molar-refractivity contribution in [1.82, 2.24) is 29.3 Å². The molecule has 0 amide bonds. The zero-order valence-corrected chi connectivity index (χ0v) is 18.8. The van der Waals surface area contributed by atoms with Gasteiger partial charge in [-0.15, -0.1) is 5.10 Å². The average Bonchev–Trinajstić information content (AvgIpc) is 3.42. The van der Waals surface area contributed by atoms with Crippen LogP contribution in [-0.2, 0) is 22.9 Å². The Morgan fingerprint density at radius 3 is 2.61 bits per heavy atom. The molecule has 0 radical (unpaired) electrons. The maximum atomic E-state index is 11.6. The van der Waals surface area contributed by atoms with Crippen LogP contribution in [0.5, 0.6) is 0 Å². The minimum atomic E-state index is -2.87. The van der Waals surface area contributed by atoms with Crippen molar-refractivity contribution >= 4 is 27.1 Å². The van der Waals surface area contributed by atoms with Crippen LogP contribution >= 0.6 is 0 Å². The van der Waals surface area contributed by atoms with Gasteiger partial charge in [0.2, 0.25) is 5.95 Å². The monoisotopic (exact) mass is 467 g/mol. The molecule has 0 unspecified atom stereocenters. The van der Waals surface area contributed by atoms with Crippen molar-refractivity contribution in [3.05, 3.63) is 60.4 Å². The highest BCUT2D eigenvalue weighted by molar-refractivity contribution is 7.91. The molecule has 0 bridgehead atoms. The molecule has 10 nitrogen and oxygen atoms in total. The molecule has 0 atom stereocenters. The number of sulfone groups is 1. The molecule has 172 valence electrons.